The minimum absolute atomic E-state index is 0.0811. The fraction of sp³-hybridized carbons (Fsp3) is 0.769. The first-order valence-corrected chi connectivity index (χ1v) is 6.54. The third kappa shape index (κ3) is 3.22. The zero-order valence-corrected chi connectivity index (χ0v) is 10.9. The highest BCUT2D eigenvalue weighted by atomic mass is 16.2. The highest BCUT2D eigenvalue weighted by Gasteiger charge is 2.44. The number of hydrogen-bond donors (Lipinski definition) is 1. The molecular weight excluding hydrogens is 230 g/mol. The summed E-state index contributed by atoms with van der Waals surface area (Å²) in [5.41, 5.74) is 4.26. The minimum atomic E-state index is -0.914. The summed E-state index contributed by atoms with van der Waals surface area (Å²) in [6.07, 6.45) is 4.76. The van der Waals surface area contributed by atoms with Crippen molar-refractivity contribution in [3.8, 4) is 6.07 Å². The van der Waals surface area contributed by atoms with Crippen LogP contribution in [0, 0.1) is 16.7 Å². The molecule has 0 bridgehead atoms. The molecular formula is C13H21N3O2. The summed E-state index contributed by atoms with van der Waals surface area (Å²) >= 11 is 0. The quantitative estimate of drug-likeness (QED) is 0.769. The van der Waals surface area contributed by atoms with Crippen molar-refractivity contribution in [2.24, 2.45) is 11.1 Å². The summed E-state index contributed by atoms with van der Waals surface area (Å²) in [7, 11) is 0. The van der Waals surface area contributed by atoms with Crippen molar-refractivity contribution in [3.05, 3.63) is 0 Å². The number of primary amides is 1. The van der Waals surface area contributed by atoms with Gasteiger partial charge in [-0.2, -0.15) is 5.26 Å². The maximum absolute atomic E-state index is 12.4. The Morgan fingerprint density at radius 1 is 1.39 bits per heavy atom. The van der Waals surface area contributed by atoms with Crippen LogP contribution in [0.2, 0.25) is 0 Å². The molecule has 0 heterocycles. The highest BCUT2D eigenvalue weighted by molar-refractivity contribution is 5.89. The van der Waals surface area contributed by atoms with E-state index in [9.17, 15) is 14.9 Å². The third-order valence-electron chi connectivity index (χ3n) is 3.50. The Balaban J connectivity index is 2.80. The van der Waals surface area contributed by atoms with Crippen molar-refractivity contribution in [1.29, 1.82) is 5.26 Å². The Kier molecular flexibility index (Phi) is 5.14. The first kappa shape index (κ1) is 14.5. The average molecular weight is 251 g/mol. The maximum atomic E-state index is 12.4. The second kappa shape index (κ2) is 6.39. The van der Waals surface area contributed by atoms with Gasteiger partial charge in [0.25, 0.3) is 0 Å². The number of hydrogen-bond acceptors (Lipinski definition) is 3. The Hall–Kier alpha value is -1.57. The van der Waals surface area contributed by atoms with Crippen LogP contribution in [0.4, 0.5) is 0 Å². The van der Waals surface area contributed by atoms with Gasteiger partial charge in [0, 0.05) is 6.54 Å². The Morgan fingerprint density at radius 2 is 2.00 bits per heavy atom. The van der Waals surface area contributed by atoms with Gasteiger partial charge in [0.05, 0.1) is 12.6 Å². The van der Waals surface area contributed by atoms with Crippen LogP contribution >= 0.6 is 0 Å². The lowest BCUT2D eigenvalue weighted by Gasteiger charge is -2.28. The molecule has 18 heavy (non-hydrogen) atoms. The summed E-state index contributed by atoms with van der Waals surface area (Å²) in [4.78, 5) is 24.9. The fourth-order valence-corrected chi connectivity index (χ4v) is 2.44. The predicted octanol–water partition coefficient (Wildman–Crippen LogP) is 1.18. The van der Waals surface area contributed by atoms with Gasteiger partial charge in [-0.1, -0.05) is 26.2 Å². The van der Waals surface area contributed by atoms with Crippen molar-refractivity contribution < 1.29 is 9.59 Å². The van der Waals surface area contributed by atoms with Crippen molar-refractivity contribution in [3.63, 3.8) is 0 Å². The van der Waals surface area contributed by atoms with Crippen LogP contribution in [-0.2, 0) is 9.59 Å². The molecule has 5 heteroatoms. The van der Waals surface area contributed by atoms with E-state index in [1.54, 1.807) is 0 Å². The molecule has 1 aliphatic rings. The molecule has 0 saturated heterocycles. The number of rotatable bonds is 6. The normalized spacial score (nSPS) is 17.1. The van der Waals surface area contributed by atoms with E-state index in [2.05, 4.69) is 6.07 Å². The molecule has 0 unspecified atom stereocenters. The van der Waals surface area contributed by atoms with Gasteiger partial charge in [0.1, 0.15) is 5.41 Å². The first-order valence-electron chi connectivity index (χ1n) is 6.54. The van der Waals surface area contributed by atoms with Crippen LogP contribution in [0.5, 0.6) is 0 Å². The lowest BCUT2D eigenvalue weighted by molar-refractivity contribution is -0.141. The van der Waals surface area contributed by atoms with Gasteiger partial charge in [-0.05, 0) is 19.3 Å². The Labute approximate surface area is 108 Å². The summed E-state index contributed by atoms with van der Waals surface area (Å²) in [5.74, 6) is -0.736. The van der Waals surface area contributed by atoms with Crippen LogP contribution in [0.3, 0.4) is 0 Å². The summed E-state index contributed by atoms with van der Waals surface area (Å²) in [6, 6.07) is 2.16. The van der Waals surface area contributed by atoms with Crippen LogP contribution < -0.4 is 5.73 Å². The van der Waals surface area contributed by atoms with Crippen LogP contribution in [0.1, 0.15) is 45.4 Å². The minimum Gasteiger partial charge on any atom is -0.368 e. The molecule has 5 nitrogen and oxygen atoms in total. The van der Waals surface area contributed by atoms with Gasteiger partial charge < -0.3 is 10.6 Å². The molecule has 0 aromatic heterocycles. The molecule has 0 atom stereocenters. The number of nitrogens with two attached hydrogens (primary N) is 1. The van der Waals surface area contributed by atoms with Crippen LogP contribution in [0.15, 0.2) is 0 Å². The number of amides is 2. The molecule has 1 saturated carbocycles. The summed E-state index contributed by atoms with van der Waals surface area (Å²) in [6.45, 7) is 2.44. The molecule has 2 N–H and O–H groups in total. The van der Waals surface area contributed by atoms with Gasteiger partial charge in [-0.15, -0.1) is 0 Å². The van der Waals surface area contributed by atoms with Gasteiger partial charge in [0.15, 0.2) is 0 Å². The van der Waals surface area contributed by atoms with Gasteiger partial charge >= 0.3 is 0 Å². The van der Waals surface area contributed by atoms with Crippen molar-refractivity contribution in [2.75, 3.05) is 13.1 Å². The van der Waals surface area contributed by atoms with E-state index in [0.717, 1.165) is 25.7 Å². The molecule has 1 aliphatic carbocycles. The molecule has 1 fully saturated rings. The number of nitriles is 1. The molecule has 100 valence electrons. The summed E-state index contributed by atoms with van der Waals surface area (Å²) in [5, 5.41) is 9.28. The lowest BCUT2D eigenvalue weighted by Crippen LogP contribution is -2.46. The van der Waals surface area contributed by atoms with Crippen molar-refractivity contribution in [1.82, 2.24) is 4.90 Å². The van der Waals surface area contributed by atoms with E-state index in [4.69, 9.17) is 5.73 Å². The predicted molar refractivity (Wildman–Crippen MR) is 67.2 cm³/mol. The third-order valence-corrected chi connectivity index (χ3v) is 3.50. The molecule has 1 rings (SSSR count). The van der Waals surface area contributed by atoms with E-state index < -0.39 is 11.3 Å². The van der Waals surface area contributed by atoms with E-state index in [0.29, 0.717) is 19.4 Å². The average Bonchev–Trinajstić information content (AvgIpc) is 2.83. The molecule has 0 spiro atoms. The van der Waals surface area contributed by atoms with E-state index in [-0.39, 0.29) is 12.5 Å². The fourth-order valence-electron chi connectivity index (χ4n) is 2.44. The molecule has 0 radical (unpaired) electrons. The number of nitrogens with zero attached hydrogens (tertiary/aromatic N) is 2. The van der Waals surface area contributed by atoms with Crippen molar-refractivity contribution in [2.45, 2.75) is 45.4 Å². The largest absolute Gasteiger partial charge is 0.368 e. The summed E-state index contributed by atoms with van der Waals surface area (Å²) < 4.78 is 0. The van der Waals surface area contributed by atoms with Crippen LogP contribution in [-0.4, -0.2) is 29.8 Å². The lowest BCUT2D eigenvalue weighted by atomic mass is 9.86. The zero-order chi connectivity index (χ0) is 13.6. The second-order valence-electron chi connectivity index (χ2n) is 4.95. The standard InChI is InChI=1S/C13H21N3O2/c1-2-3-8-16(9-11(15)17)12(18)13(10-14)6-4-5-7-13/h2-9H2,1H3,(H2,15,17). The highest BCUT2D eigenvalue weighted by Crippen LogP contribution is 2.39. The number of carbonyl (C=O) groups excluding carboxylic acids is 2. The number of carbonyl (C=O) groups is 2. The van der Waals surface area contributed by atoms with E-state index >= 15 is 0 Å². The van der Waals surface area contributed by atoms with E-state index in [1.165, 1.54) is 4.90 Å². The maximum Gasteiger partial charge on any atom is 0.243 e. The smallest absolute Gasteiger partial charge is 0.243 e. The molecule has 0 aromatic rings. The van der Waals surface area contributed by atoms with Crippen molar-refractivity contribution >= 4 is 11.8 Å². The second-order valence-corrected chi connectivity index (χ2v) is 4.95. The van der Waals surface area contributed by atoms with Crippen LogP contribution in [0.25, 0.3) is 0 Å². The SMILES string of the molecule is CCCCN(CC(N)=O)C(=O)C1(C#N)CCCC1. The monoisotopic (exact) mass is 251 g/mol. The van der Waals surface area contributed by atoms with Gasteiger partial charge in [0.2, 0.25) is 11.8 Å². The molecule has 2 amide bonds. The number of unbranched alkanes of at least 4 members (excludes halogenated alkanes) is 1. The first-order chi connectivity index (χ1) is 8.55. The van der Waals surface area contributed by atoms with E-state index in [1.807, 2.05) is 6.92 Å². The molecule has 0 aliphatic heterocycles. The Bertz CT molecular complexity index is 354. The topological polar surface area (TPSA) is 87.2 Å². The molecule has 0 aromatic carbocycles. The zero-order valence-electron chi connectivity index (χ0n) is 10.9. The van der Waals surface area contributed by atoms with Gasteiger partial charge in [-0.3, -0.25) is 9.59 Å². The van der Waals surface area contributed by atoms with Gasteiger partial charge in [-0.25, -0.2) is 0 Å². The Morgan fingerprint density at radius 3 is 2.44 bits per heavy atom.